The molecule has 0 radical (unpaired) electrons. The molecule has 0 aliphatic carbocycles. The first kappa shape index (κ1) is 11.3. The second-order valence-corrected chi connectivity index (χ2v) is 4.16. The highest BCUT2D eigenvalue weighted by atomic mass is 16.7. The molecule has 2 saturated heterocycles. The molecular weight excluding hydrogens is 196 g/mol. The lowest BCUT2D eigenvalue weighted by atomic mass is 9.96. The minimum atomic E-state index is -0.559. The summed E-state index contributed by atoms with van der Waals surface area (Å²) in [4.78, 5) is 2.14. The van der Waals surface area contributed by atoms with Crippen LogP contribution in [0.4, 0.5) is 0 Å². The third-order valence-corrected chi connectivity index (χ3v) is 3.42. The van der Waals surface area contributed by atoms with E-state index in [4.69, 9.17) is 15.2 Å². The van der Waals surface area contributed by atoms with Crippen LogP contribution in [0.1, 0.15) is 13.8 Å². The SMILES string of the molecule is CCN(CC)[C@H]1[C@@H]2OC[C@@H](O2)[C@@H](N)[C@@H]1O. The van der Waals surface area contributed by atoms with Crippen LogP contribution in [0.5, 0.6) is 0 Å². The van der Waals surface area contributed by atoms with Gasteiger partial charge in [-0.05, 0) is 13.1 Å². The Balaban J connectivity index is 2.14. The fraction of sp³-hybridized carbons (Fsp3) is 1.00. The molecule has 2 aliphatic rings. The Morgan fingerprint density at radius 3 is 2.67 bits per heavy atom. The lowest BCUT2D eigenvalue weighted by molar-refractivity contribution is -0.176. The van der Waals surface area contributed by atoms with Crippen molar-refractivity contribution in [1.29, 1.82) is 0 Å². The molecule has 0 aromatic rings. The number of likely N-dealkylation sites (N-methyl/N-ethyl adjacent to an activating group) is 1. The van der Waals surface area contributed by atoms with E-state index < -0.39 is 6.10 Å². The Morgan fingerprint density at radius 1 is 1.40 bits per heavy atom. The molecule has 5 atom stereocenters. The van der Waals surface area contributed by atoms with Gasteiger partial charge in [0.05, 0.1) is 24.8 Å². The maximum absolute atomic E-state index is 10.1. The standard InChI is InChI=1S/C10H20N2O3/c1-3-12(4-2)8-9(13)7(11)6-5-14-10(8)15-6/h6-10,13H,3-5,11H2,1-2H3/t6-,7-,8-,9+,10-/m1/s1. The average molecular weight is 216 g/mol. The van der Waals surface area contributed by atoms with Gasteiger partial charge in [-0.15, -0.1) is 0 Å². The van der Waals surface area contributed by atoms with Crippen molar-refractivity contribution < 1.29 is 14.6 Å². The smallest absolute Gasteiger partial charge is 0.176 e. The van der Waals surface area contributed by atoms with Gasteiger partial charge in [-0.2, -0.15) is 0 Å². The zero-order chi connectivity index (χ0) is 11.0. The molecule has 0 spiro atoms. The second kappa shape index (κ2) is 4.35. The number of aliphatic hydroxyl groups is 1. The molecule has 2 heterocycles. The van der Waals surface area contributed by atoms with Crippen LogP contribution in [0, 0.1) is 0 Å². The number of hydrogen-bond donors (Lipinski definition) is 2. The molecule has 0 aromatic heterocycles. The van der Waals surface area contributed by atoms with Crippen LogP contribution in [0.15, 0.2) is 0 Å². The van der Waals surface area contributed by atoms with Crippen LogP contribution in [-0.4, -0.2) is 60.3 Å². The Kier molecular flexibility index (Phi) is 3.27. The van der Waals surface area contributed by atoms with Crippen LogP contribution in [0.25, 0.3) is 0 Å². The first-order chi connectivity index (χ1) is 7.19. The Labute approximate surface area is 90.1 Å². The molecule has 3 N–H and O–H groups in total. The van der Waals surface area contributed by atoms with Gasteiger partial charge < -0.3 is 20.3 Å². The number of nitrogens with two attached hydrogens (primary N) is 1. The maximum atomic E-state index is 10.1. The number of fused-ring (bicyclic) bond motifs is 2. The number of aliphatic hydroxyl groups excluding tert-OH is 1. The number of ether oxygens (including phenoxy) is 2. The van der Waals surface area contributed by atoms with Gasteiger partial charge >= 0.3 is 0 Å². The Morgan fingerprint density at radius 2 is 2.07 bits per heavy atom. The number of hydrogen-bond acceptors (Lipinski definition) is 5. The van der Waals surface area contributed by atoms with E-state index in [0.717, 1.165) is 13.1 Å². The predicted molar refractivity (Wildman–Crippen MR) is 55.3 cm³/mol. The van der Waals surface area contributed by atoms with E-state index in [1.165, 1.54) is 0 Å². The Hall–Kier alpha value is -0.200. The van der Waals surface area contributed by atoms with Crippen LogP contribution in [-0.2, 0) is 9.47 Å². The van der Waals surface area contributed by atoms with Gasteiger partial charge in [-0.25, -0.2) is 0 Å². The van der Waals surface area contributed by atoms with Gasteiger partial charge in [-0.3, -0.25) is 4.90 Å². The summed E-state index contributed by atoms with van der Waals surface area (Å²) in [6.07, 6.45) is -1.02. The minimum absolute atomic E-state index is 0.131. The van der Waals surface area contributed by atoms with E-state index in [9.17, 15) is 5.11 Å². The number of nitrogens with zero attached hydrogens (tertiary/aromatic N) is 1. The van der Waals surface area contributed by atoms with Crippen molar-refractivity contribution in [3.8, 4) is 0 Å². The third-order valence-electron chi connectivity index (χ3n) is 3.42. The molecule has 2 rings (SSSR count). The molecule has 0 amide bonds. The van der Waals surface area contributed by atoms with Crippen LogP contribution >= 0.6 is 0 Å². The van der Waals surface area contributed by atoms with E-state index in [1.807, 2.05) is 0 Å². The zero-order valence-corrected chi connectivity index (χ0v) is 9.30. The fourth-order valence-corrected chi connectivity index (χ4v) is 2.46. The van der Waals surface area contributed by atoms with Crippen molar-refractivity contribution in [1.82, 2.24) is 4.90 Å². The van der Waals surface area contributed by atoms with Gasteiger partial charge in [0.25, 0.3) is 0 Å². The van der Waals surface area contributed by atoms with Crippen molar-refractivity contribution >= 4 is 0 Å². The van der Waals surface area contributed by atoms with Crippen LogP contribution in [0.2, 0.25) is 0 Å². The maximum Gasteiger partial charge on any atom is 0.176 e. The Bertz CT molecular complexity index is 221. The summed E-state index contributed by atoms with van der Waals surface area (Å²) in [7, 11) is 0. The fourth-order valence-electron chi connectivity index (χ4n) is 2.46. The van der Waals surface area contributed by atoms with Gasteiger partial charge in [0.1, 0.15) is 6.10 Å². The predicted octanol–water partition coefficient (Wildman–Crippen LogP) is -0.860. The molecule has 0 unspecified atom stereocenters. The van der Waals surface area contributed by atoms with Crippen LogP contribution < -0.4 is 5.73 Å². The summed E-state index contributed by atoms with van der Waals surface area (Å²) < 4.78 is 11.1. The lowest BCUT2D eigenvalue weighted by Gasteiger charge is -2.42. The van der Waals surface area contributed by atoms with Crippen molar-refractivity contribution in [2.24, 2.45) is 5.73 Å². The summed E-state index contributed by atoms with van der Waals surface area (Å²) >= 11 is 0. The largest absolute Gasteiger partial charge is 0.390 e. The highest BCUT2D eigenvalue weighted by molar-refractivity contribution is 4.99. The molecule has 5 nitrogen and oxygen atoms in total. The highest BCUT2D eigenvalue weighted by Crippen LogP contribution is 2.30. The highest BCUT2D eigenvalue weighted by Gasteiger charge is 2.50. The molecule has 0 aromatic carbocycles. The van der Waals surface area contributed by atoms with E-state index >= 15 is 0 Å². The van der Waals surface area contributed by atoms with Gasteiger partial charge in [-0.1, -0.05) is 13.8 Å². The monoisotopic (exact) mass is 216 g/mol. The molecule has 2 aliphatic heterocycles. The van der Waals surface area contributed by atoms with Crippen molar-refractivity contribution in [2.45, 2.75) is 44.4 Å². The molecule has 2 bridgehead atoms. The lowest BCUT2D eigenvalue weighted by Crippen LogP contribution is -2.63. The third kappa shape index (κ3) is 1.79. The molecule has 2 fully saturated rings. The summed E-state index contributed by atoms with van der Waals surface area (Å²) in [5.74, 6) is 0. The van der Waals surface area contributed by atoms with Crippen LogP contribution in [0.3, 0.4) is 0 Å². The topological polar surface area (TPSA) is 68.0 Å². The van der Waals surface area contributed by atoms with E-state index in [2.05, 4.69) is 18.7 Å². The molecule has 88 valence electrons. The summed E-state index contributed by atoms with van der Waals surface area (Å²) in [6, 6.07) is -0.469. The summed E-state index contributed by atoms with van der Waals surface area (Å²) in [5, 5.41) is 10.1. The van der Waals surface area contributed by atoms with Gasteiger partial charge in [0.15, 0.2) is 6.29 Å². The normalized spacial score (nSPS) is 45.0. The van der Waals surface area contributed by atoms with E-state index in [1.54, 1.807) is 0 Å². The second-order valence-electron chi connectivity index (χ2n) is 4.16. The molecule has 0 saturated carbocycles. The van der Waals surface area contributed by atoms with Crippen molar-refractivity contribution in [2.75, 3.05) is 19.7 Å². The molecule has 15 heavy (non-hydrogen) atoms. The minimum Gasteiger partial charge on any atom is -0.390 e. The summed E-state index contributed by atoms with van der Waals surface area (Å²) in [6.45, 7) is 6.34. The van der Waals surface area contributed by atoms with Crippen molar-refractivity contribution in [3.05, 3.63) is 0 Å². The van der Waals surface area contributed by atoms with Gasteiger partial charge in [0, 0.05) is 0 Å². The molecule has 5 heteroatoms. The molecular formula is C10H20N2O3. The van der Waals surface area contributed by atoms with E-state index in [0.29, 0.717) is 6.61 Å². The number of rotatable bonds is 3. The van der Waals surface area contributed by atoms with Gasteiger partial charge in [0.2, 0.25) is 0 Å². The summed E-state index contributed by atoms with van der Waals surface area (Å²) in [5.41, 5.74) is 5.92. The average Bonchev–Trinajstić information content (AvgIpc) is 2.68. The quantitative estimate of drug-likeness (QED) is 0.642. The first-order valence-corrected chi connectivity index (χ1v) is 5.63. The first-order valence-electron chi connectivity index (χ1n) is 5.63. The van der Waals surface area contributed by atoms with Crippen molar-refractivity contribution in [3.63, 3.8) is 0 Å². The zero-order valence-electron chi connectivity index (χ0n) is 9.30. The van der Waals surface area contributed by atoms with E-state index in [-0.39, 0.29) is 24.5 Å².